The van der Waals surface area contributed by atoms with Crippen molar-refractivity contribution in [3.63, 3.8) is 0 Å². The van der Waals surface area contributed by atoms with E-state index in [0.29, 0.717) is 13.0 Å². The summed E-state index contributed by atoms with van der Waals surface area (Å²) in [6, 6.07) is 7.77. The molecular formula is C15H16BrNO2. The maximum Gasteiger partial charge on any atom is 0.334 e. The van der Waals surface area contributed by atoms with Crippen LogP contribution in [0, 0.1) is 5.92 Å². The van der Waals surface area contributed by atoms with E-state index in [4.69, 9.17) is 4.74 Å². The molecule has 0 aromatic heterocycles. The van der Waals surface area contributed by atoms with Gasteiger partial charge in [0.05, 0.1) is 6.61 Å². The van der Waals surface area contributed by atoms with Crippen LogP contribution in [-0.2, 0) is 9.53 Å². The summed E-state index contributed by atoms with van der Waals surface area (Å²) in [5.41, 5.74) is 0.215. The molecule has 1 aliphatic rings. The second-order valence-electron chi connectivity index (χ2n) is 4.50. The van der Waals surface area contributed by atoms with Crippen LogP contribution in [0.25, 0.3) is 0 Å². The first-order valence-electron chi connectivity index (χ1n) is 6.23. The van der Waals surface area contributed by atoms with E-state index in [2.05, 4.69) is 27.5 Å². The molecule has 4 heteroatoms. The lowest BCUT2D eigenvalue weighted by atomic mass is 10.2. The summed E-state index contributed by atoms with van der Waals surface area (Å²) in [7, 11) is 0. The Morgan fingerprint density at radius 1 is 1.58 bits per heavy atom. The van der Waals surface area contributed by atoms with Crippen LogP contribution in [0.5, 0.6) is 0 Å². The third kappa shape index (κ3) is 2.95. The van der Waals surface area contributed by atoms with Crippen LogP contribution < -0.4 is 0 Å². The fraction of sp³-hybridized carbons (Fsp3) is 0.333. The predicted molar refractivity (Wildman–Crippen MR) is 79.4 cm³/mol. The van der Waals surface area contributed by atoms with Crippen molar-refractivity contribution in [1.82, 2.24) is 0 Å². The minimum atomic E-state index is -0.745. The number of esters is 1. The number of rotatable bonds is 5. The molecular weight excluding hydrogens is 306 g/mol. The molecule has 1 fully saturated rings. The zero-order valence-corrected chi connectivity index (χ0v) is 12.4. The van der Waals surface area contributed by atoms with Crippen molar-refractivity contribution in [1.29, 1.82) is 0 Å². The maximum absolute atomic E-state index is 12.0. The van der Waals surface area contributed by atoms with Crippen LogP contribution in [0.1, 0.15) is 18.9 Å². The summed E-state index contributed by atoms with van der Waals surface area (Å²) in [4.78, 5) is 16.4. The monoisotopic (exact) mass is 321 g/mol. The van der Waals surface area contributed by atoms with E-state index in [1.54, 1.807) is 19.2 Å². The third-order valence-electron chi connectivity index (χ3n) is 3.21. The highest BCUT2D eigenvalue weighted by Crippen LogP contribution is 2.48. The zero-order valence-electron chi connectivity index (χ0n) is 10.8. The lowest BCUT2D eigenvalue weighted by Crippen LogP contribution is -2.25. The SMILES string of the molecule is C=C[C@@H]1C[C@]1(N=Cc1ccc(Br)cc1)C(=O)OCC. The smallest absolute Gasteiger partial charge is 0.334 e. The molecule has 0 heterocycles. The number of hydrogen-bond acceptors (Lipinski definition) is 3. The van der Waals surface area contributed by atoms with E-state index in [0.717, 1.165) is 10.0 Å². The number of hydrogen-bond donors (Lipinski definition) is 0. The van der Waals surface area contributed by atoms with Crippen molar-refractivity contribution in [2.45, 2.75) is 18.9 Å². The minimum Gasteiger partial charge on any atom is -0.464 e. The van der Waals surface area contributed by atoms with Gasteiger partial charge in [0.25, 0.3) is 0 Å². The van der Waals surface area contributed by atoms with Gasteiger partial charge in [-0.25, -0.2) is 4.79 Å². The highest BCUT2D eigenvalue weighted by molar-refractivity contribution is 9.10. The molecule has 1 aromatic rings. The molecule has 0 amide bonds. The summed E-state index contributed by atoms with van der Waals surface area (Å²) < 4.78 is 6.11. The molecule has 2 atom stereocenters. The van der Waals surface area contributed by atoms with E-state index < -0.39 is 5.54 Å². The van der Waals surface area contributed by atoms with E-state index >= 15 is 0 Å². The van der Waals surface area contributed by atoms with Crippen LogP contribution in [-0.4, -0.2) is 24.3 Å². The minimum absolute atomic E-state index is 0.0817. The van der Waals surface area contributed by atoms with Gasteiger partial charge in [0, 0.05) is 16.6 Å². The predicted octanol–water partition coefficient (Wildman–Crippen LogP) is 3.38. The topological polar surface area (TPSA) is 38.7 Å². The van der Waals surface area contributed by atoms with Crippen LogP contribution in [0.2, 0.25) is 0 Å². The summed E-state index contributed by atoms with van der Waals surface area (Å²) in [6.07, 6.45) is 4.19. The largest absolute Gasteiger partial charge is 0.464 e. The molecule has 0 bridgehead atoms. The van der Waals surface area contributed by atoms with Gasteiger partial charge in [0.1, 0.15) is 0 Å². The number of halogens is 1. The van der Waals surface area contributed by atoms with Crippen molar-refractivity contribution < 1.29 is 9.53 Å². The highest BCUT2D eigenvalue weighted by Gasteiger charge is 2.60. The summed E-state index contributed by atoms with van der Waals surface area (Å²) in [5.74, 6) is -0.175. The third-order valence-corrected chi connectivity index (χ3v) is 3.74. The first-order valence-corrected chi connectivity index (χ1v) is 7.02. The standard InChI is InChI=1S/C15H16BrNO2/c1-3-12-9-15(12,14(18)19-4-2)17-10-11-5-7-13(16)8-6-11/h3,5-8,10,12H,1,4,9H2,2H3/t12-,15-/m1/s1. The van der Waals surface area contributed by atoms with Crippen LogP contribution in [0.4, 0.5) is 0 Å². The molecule has 0 N–H and O–H groups in total. The second-order valence-corrected chi connectivity index (χ2v) is 5.42. The zero-order chi connectivity index (χ0) is 13.9. The molecule has 2 rings (SSSR count). The second kappa shape index (κ2) is 5.70. The molecule has 0 saturated heterocycles. The maximum atomic E-state index is 12.0. The molecule has 100 valence electrons. The molecule has 0 aliphatic heterocycles. The summed E-state index contributed by atoms with van der Waals surface area (Å²) >= 11 is 3.38. The number of carbonyl (C=O) groups is 1. The van der Waals surface area contributed by atoms with E-state index in [-0.39, 0.29) is 11.9 Å². The van der Waals surface area contributed by atoms with Gasteiger partial charge >= 0.3 is 5.97 Å². The van der Waals surface area contributed by atoms with Crippen molar-refractivity contribution in [3.05, 3.63) is 47.0 Å². The van der Waals surface area contributed by atoms with Gasteiger partial charge in [-0.2, -0.15) is 0 Å². The number of aliphatic imine (C=N–C) groups is 1. The quantitative estimate of drug-likeness (QED) is 0.474. The average Bonchev–Trinajstić information content (AvgIpc) is 3.13. The molecule has 1 saturated carbocycles. The van der Waals surface area contributed by atoms with Gasteiger partial charge in [-0.15, -0.1) is 6.58 Å². The van der Waals surface area contributed by atoms with Gasteiger partial charge in [-0.1, -0.05) is 34.1 Å². The summed E-state index contributed by atoms with van der Waals surface area (Å²) in [6.45, 7) is 5.91. The van der Waals surface area contributed by atoms with Gasteiger partial charge in [0.15, 0.2) is 5.54 Å². The Bertz CT molecular complexity index is 509. The molecule has 3 nitrogen and oxygen atoms in total. The Balaban J connectivity index is 2.16. The first-order chi connectivity index (χ1) is 9.12. The molecule has 0 spiro atoms. The van der Waals surface area contributed by atoms with Gasteiger partial charge in [-0.05, 0) is 31.0 Å². The Kier molecular flexibility index (Phi) is 4.20. The van der Waals surface area contributed by atoms with Crippen LogP contribution >= 0.6 is 15.9 Å². The molecule has 0 radical (unpaired) electrons. The van der Waals surface area contributed by atoms with Gasteiger partial charge < -0.3 is 4.74 Å². The van der Waals surface area contributed by atoms with Gasteiger partial charge in [0.2, 0.25) is 0 Å². The molecule has 1 aliphatic carbocycles. The van der Waals surface area contributed by atoms with E-state index in [1.807, 2.05) is 24.3 Å². The Labute approximate surface area is 121 Å². The normalized spacial score (nSPS) is 25.3. The Morgan fingerprint density at radius 2 is 2.26 bits per heavy atom. The average molecular weight is 322 g/mol. The highest BCUT2D eigenvalue weighted by atomic mass is 79.9. The fourth-order valence-corrected chi connectivity index (χ4v) is 2.25. The van der Waals surface area contributed by atoms with Crippen molar-refractivity contribution >= 4 is 28.1 Å². The van der Waals surface area contributed by atoms with E-state index in [9.17, 15) is 4.79 Å². The summed E-state index contributed by atoms with van der Waals surface area (Å²) in [5, 5.41) is 0. The number of carbonyl (C=O) groups excluding carboxylic acids is 1. The van der Waals surface area contributed by atoms with Crippen molar-refractivity contribution in [2.75, 3.05) is 6.61 Å². The lowest BCUT2D eigenvalue weighted by molar-refractivity contribution is -0.146. The van der Waals surface area contributed by atoms with Gasteiger partial charge in [-0.3, -0.25) is 4.99 Å². The van der Waals surface area contributed by atoms with Crippen LogP contribution in [0.15, 0.2) is 46.4 Å². The van der Waals surface area contributed by atoms with Crippen molar-refractivity contribution in [2.24, 2.45) is 10.9 Å². The number of benzene rings is 1. The lowest BCUT2D eigenvalue weighted by Gasteiger charge is -2.10. The molecule has 1 aromatic carbocycles. The van der Waals surface area contributed by atoms with Crippen molar-refractivity contribution in [3.8, 4) is 0 Å². The first kappa shape index (κ1) is 14.0. The van der Waals surface area contributed by atoms with E-state index in [1.165, 1.54) is 0 Å². The Morgan fingerprint density at radius 3 is 2.79 bits per heavy atom. The van der Waals surface area contributed by atoms with Crippen LogP contribution in [0.3, 0.4) is 0 Å². The molecule has 0 unspecified atom stereocenters. The number of ether oxygens (including phenoxy) is 1. The Hall–Kier alpha value is -1.42. The molecule has 19 heavy (non-hydrogen) atoms. The fourth-order valence-electron chi connectivity index (χ4n) is 1.99. The number of nitrogens with zero attached hydrogens (tertiary/aromatic N) is 1.